The smallest absolute Gasteiger partial charge is 0.355 e. The van der Waals surface area contributed by atoms with Crippen LogP contribution < -0.4 is 10.6 Å². The number of anilines is 2. The summed E-state index contributed by atoms with van der Waals surface area (Å²) in [6.45, 7) is 5.27. The van der Waals surface area contributed by atoms with Crippen molar-refractivity contribution in [3.8, 4) is 11.4 Å². The molecule has 4 rings (SSSR count). The van der Waals surface area contributed by atoms with E-state index in [1.807, 2.05) is 0 Å². The molecule has 0 spiro atoms. The first-order valence-corrected chi connectivity index (χ1v) is 11.9. The summed E-state index contributed by atoms with van der Waals surface area (Å²) in [5.41, 5.74) is -0.357. The molecule has 0 amide bonds. The van der Waals surface area contributed by atoms with Crippen molar-refractivity contribution in [2.75, 3.05) is 11.9 Å². The monoisotopic (exact) mass is 533 g/mol. The minimum absolute atomic E-state index is 0.00289. The highest BCUT2D eigenvalue weighted by Crippen LogP contribution is 2.36. The second-order valence-corrected chi connectivity index (χ2v) is 8.97. The first-order valence-electron chi connectivity index (χ1n) is 11.9. The number of rotatable bonds is 8. The van der Waals surface area contributed by atoms with Gasteiger partial charge in [-0.1, -0.05) is 20.3 Å². The highest BCUT2D eigenvalue weighted by atomic mass is 19.4. The van der Waals surface area contributed by atoms with Crippen LogP contribution in [0.4, 0.5) is 37.7 Å². The van der Waals surface area contributed by atoms with Crippen molar-refractivity contribution in [1.82, 2.24) is 20.3 Å². The number of hydrogen-bond acceptors (Lipinski definition) is 5. The van der Waals surface area contributed by atoms with Crippen LogP contribution in [-0.4, -0.2) is 21.5 Å². The standard InChI is InChI=1S/C27H25F6N5/c1-3-16(2)14-34-15-19-13-23(36-18-8-6-17(7-9-18)26(28,29)30)20-10-11-22(38-25(20)37-19)24-21(27(31,32)33)5-4-12-35-24/h4-13,16,34H,3,14-15H2,1-2H3,(H,36,37,38). The summed E-state index contributed by atoms with van der Waals surface area (Å²) in [5, 5.41) is 6.89. The van der Waals surface area contributed by atoms with Gasteiger partial charge < -0.3 is 10.6 Å². The van der Waals surface area contributed by atoms with Crippen molar-refractivity contribution < 1.29 is 26.3 Å². The van der Waals surface area contributed by atoms with Crippen molar-refractivity contribution >= 4 is 22.4 Å². The van der Waals surface area contributed by atoms with Crippen LogP contribution in [0.2, 0.25) is 0 Å². The molecule has 0 radical (unpaired) electrons. The van der Waals surface area contributed by atoms with Gasteiger partial charge in [0, 0.05) is 23.8 Å². The quantitative estimate of drug-likeness (QED) is 0.228. The second kappa shape index (κ2) is 10.9. The van der Waals surface area contributed by atoms with Crippen LogP contribution in [0.1, 0.15) is 37.1 Å². The molecule has 4 aromatic rings. The fraction of sp³-hybridized carbons (Fsp3) is 0.296. The van der Waals surface area contributed by atoms with E-state index in [4.69, 9.17) is 0 Å². The lowest BCUT2D eigenvalue weighted by molar-refractivity contribution is -0.138. The number of nitrogens with zero attached hydrogens (tertiary/aromatic N) is 3. The van der Waals surface area contributed by atoms with E-state index in [9.17, 15) is 26.3 Å². The summed E-state index contributed by atoms with van der Waals surface area (Å²) in [6.07, 6.45) is -6.84. The predicted molar refractivity (Wildman–Crippen MR) is 134 cm³/mol. The first kappa shape index (κ1) is 27.3. The molecular formula is C27H25F6N5. The number of benzene rings is 1. The van der Waals surface area contributed by atoms with Gasteiger partial charge in [-0.25, -0.2) is 9.97 Å². The van der Waals surface area contributed by atoms with Crippen molar-refractivity contribution in [1.29, 1.82) is 0 Å². The van der Waals surface area contributed by atoms with Gasteiger partial charge in [0.15, 0.2) is 5.65 Å². The third-order valence-corrected chi connectivity index (χ3v) is 6.07. The fourth-order valence-corrected chi connectivity index (χ4v) is 3.81. The zero-order valence-corrected chi connectivity index (χ0v) is 20.6. The van der Waals surface area contributed by atoms with Crippen LogP contribution in [-0.2, 0) is 18.9 Å². The van der Waals surface area contributed by atoms with E-state index in [0.717, 1.165) is 31.2 Å². The van der Waals surface area contributed by atoms with Gasteiger partial charge in [-0.3, -0.25) is 4.98 Å². The average Bonchev–Trinajstić information content (AvgIpc) is 2.87. The van der Waals surface area contributed by atoms with Crippen molar-refractivity contribution in [3.63, 3.8) is 0 Å². The summed E-state index contributed by atoms with van der Waals surface area (Å²) >= 11 is 0. The van der Waals surface area contributed by atoms with E-state index < -0.39 is 23.5 Å². The molecule has 11 heteroatoms. The topological polar surface area (TPSA) is 62.7 Å². The van der Waals surface area contributed by atoms with Crippen LogP contribution in [0.25, 0.3) is 22.4 Å². The Kier molecular flexibility index (Phi) is 7.86. The minimum atomic E-state index is -4.62. The number of hydrogen-bond donors (Lipinski definition) is 2. The minimum Gasteiger partial charge on any atom is -0.355 e. The number of pyridine rings is 3. The normalized spacial score (nSPS) is 13.1. The molecule has 3 aromatic heterocycles. The maximum absolute atomic E-state index is 13.6. The Labute approximate surface area is 215 Å². The number of fused-ring (bicyclic) bond motifs is 1. The zero-order valence-electron chi connectivity index (χ0n) is 20.6. The summed E-state index contributed by atoms with van der Waals surface area (Å²) in [7, 11) is 0. The van der Waals surface area contributed by atoms with Gasteiger partial charge in [-0.15, -0.1) is 0 Å². The van der Waals surface area contributed by atoms with Crippen LogP contribution in [0.3, 0.4) is 0 Å². The number of halogens is 6. The van der Waals surface area contributed by atoms with Gasteiger partial charge >= 0.3 is 12.4 Å². The van der Waals surface area contributed by atoms with Gasteiger partial charge in [0.05, 0.1) is 28.2 Å². The largest absolute Gasteiger partial charge is 0.418 e. The number of aromatic nitrogens is 3. The molecule has 0 bridgehead atoms. The summed E-state index contributed by atoms with van der Waals surface area (Å²) < 4.78 is 79.7. The summed E-state index contributed by atoms with van der Waals surface area (Å²) in [5.74, 6) is 0.426. The molecule has 1 aromatic carbocycles. The molecule has 5 nitrogen and oxygen atoms in total. The molecular weight excluding hydrogens is 508 g/mol. The molecule has 0 aliphatic heterocycles. The first-order chi connectivity index (χ1) is 18.0. The summed E-state index contributed by atoms with van der Waals surface area (Å²) in [6, 6.07) is 11.4. The SMILES string of the molecule is CCC(C)CNCc1cc(Nc2ccc(C(F)(F)F)cc2)c2ccc(-c3ncccc3C(F)(F)F)nc2n1. The van der Waals surface area contributed by atoms with E-state index in [0.29, 0.717) is 34.9 Å². The maximum Gasteiger partial charge on any atom is 0.418 e. The predicted octanol–water partition coefficient (Wildman–Crippen LogP) is 7.61. The van der Waals surface area contributed by atoms with E-state index in [1.54, 1.807) is 12.1 Å². The van der Waals surface area contributed by atoms with Gasteiger partial charge in [-0.2, -0.15) is 26.3 Å². The van der Waals surface area contributed by atoms with Crippen LogP contribution in [0.5, 0.6) is 0 Å². The molecule has 0 aliphatic carbocycles. The second-order valence-electron chi connectivity index (χ2n) is 8.97. The van der Waals surface area contributed by atoms with Gasteiger partial charge in [0.1, 0.15) is 5.69 Å². The Balaban J connectivity index is 1.75. The van der Waals surface area contributed by atoms with Crippen molar-refractivity contribution in [2.24, 2.45) is 5.92 Å². The molecule has 2 N–H and O–H groups in total. The number of alkyl halides is 6. The third-order valence-electron chi connectivity index (χ3n) is 6.07. The number of nitrogens with one attached hydrogen (secondary N) is 2. The van der Waals surface area contributed by atoms with Crippen LogP contribution in [0.15, 0.2) is 60.8 Å². The molecule has 3 heterocycles. The Morgan fingerprint density at radius 2 is 1.63 bits per heavy atom. The zero-order chi connectivity index (χ0) is 27.5. The van der Waals surface area contributed by atoms with Crippen LogP contribution in [0, 0.1) is 5.92 Å². The van der Waals surface area contributed by atoms with Gasteiger partial charge in [0.2, 0.25) is 0 Å². The fourth-order valence-electron chi connectivity index (χ4n) is 3.81. The molecule has 0 fully saturated rings. The third kappa shape index (κ3) is 6.39. The lowest BCUT2D eigenvalue weighted by Gasteiger charge is -2.15. The van der Waals surface area contributed by atoms with Crippen LogP contribution >= 0.6 is 0 Å². The molecule has 0 saturated carbocycles. The Morgan fingerprint density at radius 1 is 0.895 bits per heavy atom. The maximum atomic E-state index is 13.6. The molecule has 200 valence electrons. The molecule has 1 unspecified atom stereocenters. The van der Waals surface area contributed by atoms with Crippen molar-refractivity contribution in [3.05, 3.63) is 77.6 Å². The van der Waals surface area contributed by atoms with Gasteiger partial charge in [0.25, 0.3) is 0 Å². The van der Waals surface area contributed by atoms with E-state index in [1.165, 1.54) is 30.5 Å². The van der Waals surface area contributed by atoms with E-state index in [-0.39, 0.29) is 17.0 Å². The molecule has 0 saturated heterocycles. The Hall–Kier alpha value is -3.73. The molecule has 38 heavy (non-hydrogen) atoms. The Bertz CT molecular complexity index is 1400. The van der Waals surface area contributed by atoms with Gasteiger partial charge in [-0.05, 0) is 67.1 Å². The van der Waals surface area contributed by atoms with E-state index >= 15 is 0 Å². The lowest BCUT2D eigenvalue weighted by atomic mass is 10.1. The highest BCUT2D eigenvalue weighted by molar-refractivity contribution is 5.92. The van der Waals surface area contributed by atoms with E-state index in [2.05, 4.69) is 39.4 Å². The highest BCUT2D eigenvalue weighted by Gasteiger charge is 2.34. The van der Waals surface area contributed by atoms with Crippen molar-refractivity contribution in [2.45, 2.75) is 39.2 Å². The summed E-state index contributed by atoms with van der Waals surface area (Å²) in [4.78, 5) is 12.9. The Morgan fingerprint density at radius 3 is 2.29 bits per heavy atom. The molecule has 1 atom stereocenters. The lowest BCUT2D eigenvalue weighted by Crippen LogP contribution is -2.21. The molecule has 0 aliphatic rings. The average molecular weight is 534 g/mol.